The number of halogens is 2. The van der Waals surface area contributed by atoms with Crippen molar-refractivity contribution in [2.75, 3.05) is 5.32 Å². The zero-order valence-electron chi connectivity index (χ0n) is 10.3. The van der Waals surface area contributed by atoms with Gasteiger partial charge in [0.2, 0.25) is 0 Å². The van der Waals surface area contributed by atoms with Gasteiger partial charge in [-0.2, -0.15) is 0 Å². The van der Waals surface area contributed by atoms with Crippen molar-refractivity contribution in [3.63, 3.8) is 0 Å². The molecule has 21 heavy (non-hydrogen) atoms. The molecule has 0 fully saturated rings. The van der Waals surface area contributed by atoms with Gasteiger partial charge in [-0.05, 0) is 30.3 Å². The summed E-state index contributed by atoms with van der Waals surface area (Å²) in [6, 6.07) is 6.95. The Labute approximate surface area is 122 Å². The number of nitro groups is 1. The molecule has 0 saturated carbocycles. The maximum atomic E-state index is 13.7. The Morgan fingerprint density at radius 2 is 1.95 bits per heavy atom. The number of nitrogens with one attached hydrogen (secondary N) is 1. The molecule has 0 heterocycles. The van der Waals surface area contributed by atoms with Crippen LogP contribution in [0.15, 0.2) is 36.4 Å². The van der Waals surface area contributed by atoms with Crippen LogP contribution in [-0.4, -0.2) is 16.0 Å². The van der Waals surface area contributed by atoms with Crippen LogP contribution < -0.4 is 5.32 Å². The molecule has 6 nitrogen and oxygen atoms in total. The minimum atomic E-state index is -1.25. The van der Waals surface area contributed by atoms with E-state index >= 15 is 0 Å². The standard InChI is InChI=1S/C13H8ClFN2O4/c14-8-2-3-10(9(15)6-8)16-11-5-7(13(18)19)1-4-12(11)17(20)21/h1-6,16H,(H,18,19). The van der Waals surface area contributed by atoms with Gasteiger partial charge in [-0.25, -0.2) is 9.18 Å². The normalized spacial score (nSPS) is 10.2. The fourth-order valence-corrected chi connectivity index (χ4v) is 1.82. The summed E-state index contributed by atoms with van der Waals surface area (Å²) in [6.45, 7) is 0. The average molecular weight is 311 g/mol. The molecule has 8 heteroatoms. The van der Waals surface area contributed by atoms with Crippen molar-refractivity contribution >= 4 is 34.6 Å². The number of benzene rings is 2. The average Bonchev–Trinajstić information content (AvgIpc) is 2.41. The molecule has 2 aromatic carbocycles. The van der Waals surface area contributed by atoms with E-state index in [0.29, 0.717) is 0 Å². The van der Waals surface area contributed by atoms with Crippen molar-refractivity contribution in [2.24, 2.45) is 0 Å². The highest BCUT2D eigenvalue weighted by Crippen LogP contribution is 2.30. The van der Waals surface area contributed by atoms with Crippen LogP contribution in [0.3, 0.4) is 0 Å². The highest BCUT2D eigenvalue weighted by molar-refractivity contribution is 6.30. The molecule has 0 aliphatic carbocycles. The van der Waals surface area contributed by atoms with Crippen LogP contribution in [0.4, 0.5) is 21.5 Å². The first-order valence-electron chi connectivity index (χ1n) is 5.62. The fourth-order valence-electron chi connectivity index (χ4n) is 1.66. The maximum absolute atomic E-state index is 13.7. The third-order valence-electron chi connectivity index (χ3n) is 2.64. The number of nitro benzene ring substituents is 1. The number of carboxylic acids is 1. The van der Waals surface area contributed by atoms with E-state index in [9.17, 15) is 19.3 Å². The molecular weight excluding hydrogens is 303 g/mol. The minimum Gasteiger partial charge on any atom is -0.478 e. The van der Waals surface area contributed by atoms with Crippen molar-refractivity contribution in [1.82, 2.24) is 0 Å². The summed E-state index contributed by atoms with van der Waals surface area (Å²) in [7, 11) is 0. The number of carbonyl (C=O) groups is 1. The number of rotatable bonds is 4. The Kier molecular flexibility index (Phi) is 4.04. The number of anilines is 2. The first-order valence-corrected chi connectivity index (χ1v) is 6.00. The summed E-state index contributed by atoms with van der Waals surface area (Å²) in [6.07, 6.45) is 0. The highest BCUT2D eigenvalue weighted by Gasteiger charge is 2.17. The molecule has 0 unspecified atom stereocenters. The molecule has 2 N–H and O–H groups in total. The molecule has 0 radical (unpaired) electrons. The first kappa shape index (κ1) is 14.7. The predicted molar refractivity (Wildman–Crippen MR) is 74.7 cm³/mol. The van der Waals surface area contributed by atoms with Gasteiger partial charge in [-0.1, -0.05) is 11.6 Å². The lowest BCUT2D eigenvalue weighted by Crippen LogP contribution is -2.02. The van der Waals surface area contributed by atoms with E-state index in [4.69, 9.17) is 16.7 Å². The number of hydrogen-bond donors (Lipinski definition) is 2. The van der Waals surface area contributed by atoms with Gasteiger partial charge in [0.05, 0.1) is 16.2 Å². The molecule has 0 atom stereocenters. The molecule has 0 amide bonds. The predicted octanol–water partition coefficient (Wildman–Crippen LogP) is 3.83. The Morgan fingerprint density at radius 1 is 1.24 bits per heavy atom. The lowest BCUT2D eigenvalue weighted by atomic mass is 10.1. The molecule has 0 aromatic heterocycles. The highest BCUT2D eigenvalue weighted by atomic mass is 35.5. The zero-order chi connectivity index (χ0) is 15.6. The molecule has 2 aromatic rings. The smallest absolute Gasteiger partial charge is 0.335 e. The number of carboxylic acid groups (broad SMARTS) is 1. The maximum Gasteiger partial charge on any atom is 0.335 e. The summed E-state index contributed by atoms with van der Waals surface area (Å²) in [4.78, 5) is 21.2. The molecule has 0 aliphatic rings. The van der Waals surface area contributed by atoms with E-state index in [1.807, 2.05) is 0 Å². The van der Waals surface area contributed by atoms with Crippen molar-refractivity contribution in [3.8, 4) is 0 Å². The largest absolute Gasteiger partial charge is 0.478 e. The molecule has 0 spiro atoms. The third-order valence-corrected chi connectivity index (χ3v) is 2.88. The van der Waals surface area contributed by atoms with Crippen LogP contribution in [0.1, 0.15) is 10.4 Å². The van der Waals surface area contributed by atoms with Crippen LogP contribution >= 0.6 is 11.6 Å². The van der Waals surface area contributed by atoms with Gasteiger partial charge in [0.1, 0.15) is 11.5 Å². The van der Waals surface area contributed by atoms with E-state index in [-0.39, 0.29) is 27.6 Å². The number of hydrogen-bond acceptors (Lipinski definition) is 4. The molecule has 0 bridgehead atoms. The SMILES string of the molecule is O=C(O)c1ccc([N+](=O)[O-])c(Nc2ccc(Cl)cc2F)c1. The van der Waals surface area contributed by atoms with Crippen molar-refractivity contribution < 1.29 is 19.2 Å². The van der Waals surface area contributed by atoms with Crippen molar-refractivity contribution in [3.05, 3.63) is 62.9 Å². The Morgan fingerprint density at radius 3 is 2.52 bits per heavy atom. The second-order valence-corrected chi connectivity index (χ2v) is 4.48. The van der Waals surface area contributed by atoms with Gasteiger partial charge >= 0.3 is 5.97 Å². The van der Waals surface area contributed by atoms with Gasteiger partial charge in [0.25, 0.3) is 5.69 Å². The summed E-state index contributed by atoms with van der Waals surface area (Å²) in [5.41, 5.74) is -0.696. The summed E-state index contributed by atoms with van der Waals surface area (Å²) >= 11 is 5.61. The molecule has 2 rings (SSSR count). The van der Waals surface area contributed by atoms with Crippen LogP contribution in [0.5, 0.6) is 0 Å². The van der Waals surface area contributed by atoms with E-state index in [2.05, 4.69) is 5.32 Å². The van der Waals surface area contributed by atoms with Crippen LogP contribution in [0.25, 0.3) is 0 Å². The van der Waals surface area contributed by atoms with Crippen LogP contribution in [0, 0.1) is 15.9 Å². The van der Waals surface area contributed by atoms with E-state index in [1.54, 1.807) is 0 Å². The molecular formula is C13H8ClFN2O4. The van der Waals surface area contributed by atoms with E-state index < -0.39 is 16.7 Å². The van der Waals surface area contributed by atoms with Gasteiger partial charge in [-0.3, -0.25) is 10.1 Å². The number of nitrogens with zero attached hydrogens (tertiary/aromatic N) is 1. The quantitative estimate of drug-likeness (QED) is 0.661. The lowest BCUT2D eigenvalue weighted by Gasteiger charge is -2.09. The molecule has 0 saturated heterocycles. The van der Waals surface area contributed by atoms with Crippen LogP contribution in [0.2, 0.25) is 5.02 Å². The molecule has 0 aliphatic heterocycles. The topological polar surface area (TPSA) is 92.5 Å². The van der Waals surface area contributed by atoms with Gasteiger partial charge in [0, 0.05) is 11.1 Å². The summed E-state index contributed by atoms with van der Waals surface area (Å²) in [5, 5.41) is 22.5. The van der Waals surface area contributed by atoms with Gasteiger partial charge < -0.3 is 10.4 Å². The minimum absolute atomic E-state index is 0.0509. The monoisotopic (exact) mass is 310 g/mol. The van der Waals surface area contributed by atoms with Gasteiger partial charge in [0.15, 0.2) is 0 Å². The van der Waals surface area contributed by atoms with Crippen molar-refractivity contribution in [2.45, 2.75) is 0 Å². The van der Waals surface area contributed by atoms with Crippen molar-refractivity contribution in [1.29, 1.82) is 0 Å². The van der Waals surface area contributed by atoms with E-state index in [1.165, 1.54) is 12.1 Å². The molecule has 108 valence electrons. The fraction of sp³-hybridized carbons (Fsp3) is 0. The van der Waals surface area contributed by atoms with Crippen LogP contribution in [-0.2, 0) is 0 Å². The Bertz CT molecular complexity index is 736. The van der Waals surface area contributed by atoms with Gasteiger partial charge in [-0.15, -0.1) is 0 Å². The third kappa shape index (κ3) is 3.26. The Hall–Kier alpha value is -2.67. The second kappa shape index (κ2) is 5.76. The second-order valence-electron chi connectivity index (χ2n) is 4.04. The zero-order valence-corrected chi connectivity index (χ0v) is 11.1. The van der Waals surface area contributed by atoms with E-state index in [0.717, 1.165) is 24.3 Å². The summed E-state index contributed by atoms with van der Waals surface area (Å²) in [5.74, 6) is -1.96. The number of aromatic carboxylic acids is 1. The Balaban J connectivity index is 2.48. The summed E-state index contributed by atoms with van der Waals surface area (Å²) < 4.78 is 13.7. The first-order chi connectivity index (χ1) is 9.88. The lowest BCUT2D eigenvalue weighted by molar-refractivity contribution is -0.383.